The third-order valence-electron chi connectivity index (χ3n) is 3.78. The van der Waals surface area contributed by atoms with Gasteiger partial charge in [0.2, 0.25) is 5.91 Å². The second kappa shape index (κ2) is 5.99. The van der Waals surface area contributed by atoms with Crippen LogP contribution in [0.4, 0.5) is 0 Å². The molecule has 0 spiro atoms. The Bertz CT molecular complexity index is 655. The molecule has 2 aromatic rings. The second-order valence-electron chi connectivity index (χ2n) is 5.22. The van der Waals surface area contributed by atoms with Crippen molar-refractivity contribution in [1.29, 1.82) is 0 Å². The van der Waals surface area contributed by atoms with E-state index in [0.29, 0.717) is 13.0 Å². The number of rotatable bonds is 3. The summed E-state index contributed by atoms with van der Waals surface area (Å²) >= 11 is 3.52. The van der Waals surface area contributed by atoms with Gasteiger partial charge in [-0.15, -0.1) is 0 Å². The molecule has 1 aromatic carbocycles. The zero-order valence-electron chi connectivity index (χ0n) is 11.7. The van der Waals surface area contributed by atoms with Crippen molar-refractivity contribution in [2.45, 2.75) is 32.0 Å². The van der Waals surface area contributed by atoms with Gasteiger partial charge in [-0.05, 0) is 18.6 Å². The average molecular weight is 349 g/mol. The zero-order valence-corrected chi connectivity index (χ0v) is 13.3. The molecule has 3 rings (SSSR count). The van der Waals surface area contributed by atoms with Crippen LogP contribution in [0.2, 0.25) is 0 Å². The normalized spacial score (nSPS) is 18.9. The van der Waals surface area contributed by atoms with Gasteiger partial charge in [0, 0.05) is 17.4 Å². The first-order chi connectivity index (χ1) is 10.1. The molecule has 1 amide bonds. The molecule has 0 radical (unpaired) electrons. The third-order valence-corrected chi connectivity index (χ3v) is 4.50. The molecule has 1 aliphatic heterocycles. The van der Waals surface area contributed by atoms with Crippen molar-refractivity contribution in [2.24, 2.45) is 0 Å². The van der Waals surface area contributed by atoms with E-state index in [1.54, 1.807) is 6.33 Å². The lowest BCUT2D eigenvalue weighted by molar-refractivity contribution is -0.124. The molecular formula is C15H17BrN4O. The van der Waals surface area contributed by atoms with E-state index in [-0.39, 0.29) is 18.0 Å². The molecule has 0 bridgehead atoms. The van der Waals surface area contributed by atoms with Crippen molar-refractivity contribution < 1.29 is 4.79 Å². The summed E-state index contributed by atoms with van der Waals surface area (Å²) in [6.45, 7) is 2.64. The Balaban J connectivity index is 1.66. The SMILES string of the molecule is C[C@H](NC(=O)C1Cc2nc[nH]c2CN1)c1ccccc1Br. The van der Waals surface area contributed by atoms with Crippen LogP contribution in [0.25, 0.3) is 0 Å². The molecule has 5 nitrogen and oxygen atoms in total. The number of halogens is 1. The first-order valence-electron chi connectivity index (χ1n) is 6.94. The average Bonchev–Trinajstić information content (AvgIpc) is 2.94. The predicted molar refractivity (Wildman–Crippen MR) is 83.6 cm³/mol. The van der Waals surface area contributed by atoms with Gasteiger partial charge in [0.1, 0.15) is 0 Å². The fourth-order valence-electron chi connectivity index (χ4n) is 2.57. The highest BCUT2D eigenvalue weighted by Gasteiger charge is 2.26. The Morgan fingerprint density at radius 1 is 1.48 bits per heavy atom. The lowest BCUT2D eigenvalue weighted by Crippen LogP contribution is -2.48. The van der Waals surface area contributed by atoms with Crippen molar-refractivity contribution in [2.75, 3.05) is 0 Å². The molecule has 6 heteroatoms. The van der Waals surface area contributed by atoms with E-state index in [1.807, 2.05) is 31.2 Å². The number of hydrogen-bond acceptors (Lipinski definition) is 3. The maximum Gasteiger partial charge on any atom is 0.238 e. The minimum Gasteiger partial charge on any atom is -0.348 e. The third kappa shape index (κ3) is 3.01. The maximum atomic E-state index is 12.4. The van der Waals surface area contributed by atoms with E-state index in [2.05, 4.69) is 36.5 Å². The van der Waals surface area contributed by atoms with Gasteiger partial charge in [0.15, 0.2) is 0 Å². The Hall–Kier alpha value is -1.66. The standard InChI is InChI=1S/C15H17BrN4O/c1-9(10-4-2-3-5-11(10)16)20-15(21)13-6-12-14(7-17-13)19-8-18-12/h2-5,8-9,13,17H,6-7H2,1H3,(H,18,19)(H,20,21)/t9-,13?/m0/s1. The number of amides is 1. The van der Waals surface area contributed by atoms with Crippen LogP contribution in [0, 0.1) is 0 Å². The van der Waals surface area contributed by atoms with E-state index in [0.717, 1.165) is 21.4 Å². The molecule has 1 aromatic heterocycles. The van der Waals surface area contributed by atoms with Crippen LogP contribution in [0.15, 0.2) is 35.1 Å². The van der Waals surface area contributed by atoms with Crippen molar-refractivity contribution in [3.05, 3.63) is 52.0 Å². The van der Waals surface area contributed by atoms with Crippen LogP contribution in [-0.4, -0.2) is 21.9 Å². The Morgan fingerprint density at radius 3 is 3.10 bits per heavy atom. The van der Waals surface area contributed by atoms with Crippen molar-refractivity contribution in [1.82, 2.24) is 20.6 Å². The summed E-state index contributed by atoms with van der Waals surface area (Å²) in [6, 6.07) is 7.64. The van der Waals surface area contributed by atoms with Crippen LogP contribution in [0.1, 0.15) is 29.9 Å². The highest BCUT2D eigenvalue weighted by molar-refractivity contribution is 9.10. The minimum absolute atomic E-state index is 0.00639. The minimum atomic E-state index is -0.231. The number of fused-ring (bicyclic) bond motifs is 1. The molecule has 0 fully saturated rings. The number of imidazole rings is 1. The van der Waals surface area contributed by atoms with Gasteiger partial charge in [-0.2, -0.15) is 0 Å². The van der Waals surface area contributed by atoms with E-state index < -0.39 is 0 Å². The van der Waals surface area contributed by atoms with Crippen molar-refractivity contribution in [3.8, 4) is 0 Å². The van der Waals surface area contributed by atoms with E-state index in [9.17, 15) is 4.79 Å². The zero-order chi connectivity index (χ0) is 14.8. The molecule has 110 valence electrons. The smallest absolute Gasteiger partial charge is 0.238 e. The molecule has 3 N–H and O–H groups in total. The summed E-state index contributed by atoms with van der Waals surface area (Å²) in [7, 11) is 0. The van der Waals surface area contributed by atoms with Gasteiger partial charge >= 0.3 is 0 Å². The summed E-state index contributed by atoms with van der Waals surface area (Å²) in [5, 5.41) is 6.30. The number of benzene rings is 1. The van der Waals surface area contributed by atoms with Crippen LogP contribution < -0.4 is 10.6 Å². The molecule has 2 atom stereocenters. The molecule has 1 unspecified atom stereocenters. The number of aromatic amines is 1. The molecule has 0 aliphatic carbocycles. The quantitative estimate of drug-likeness (QED) is 0.795. The maximum absolute atomic E-state index is 12.4. The van der Waals surface area contributed by atoms with Gasteiger partial charge in [0.25, 0.3) is 0 Å². The second-order valence-corrected chi connectivity index (χ2v) is 6.07. The number of aromatic nitrogens is 2. The van der Waals surface area contributed by atoms with Crippen molar-refractivity contribution in [3.63, 3.8) is 0 Å². The molecule has 0 saturated heterocycles. The van der Waals surface area contributed by atoms with Gasteiger partial charge in [-0.25, -0.2) is 4.98 Å². The Morgan fingerprint density at radius 2 is 2.29 bits per heavy atom. The number of H-pyrrole nitrogens is 1. The number of nitrogens with zero attached hydrogens (tertiary/aromatic N) is 1. The first kappa shape index (κ1) is 14.3. The van der Waals surface area contributed by atoms with Crippen LogP contribution in [-0.2, 0) is 17.8 Å². The van der Waals surface area contributed by atoms with Crippen molar-refractivity contribution >= 4 is 21.8 Å². The summed E-state index contributed by atoms with van der Waals surface area (Å²) in [5.74, 6) is 0.00639. The first-order valence-corrected chi connectivity index (χ1v) is 7.73. The van der Waals surface area contributed by atoms with E-state index >= 15 is 0 Å². The lowest BCUT2D eigenvalue weighted by Gasteiger charge is -2.24. The number of nitrogens with one attached hydrogen (secondary N) is 3. The molecule has 21 heavy (non-hydrogen) atoms. The van der Waals surface area contributed by atoms with E-state index in [4.69, 9.17) is 0 Å². The lowest BCUT2D eigenvalue weighted by atomic mass is 10.0. The number of carbonyl (C=O) groups is 1. The van der Waals surface area contributed by atoms with Crippen LogP contribution >= 0.6 is 15.9 Å². The molecule has 1 aliphatic rings. The van der Waals surface area contributed by atoms with Gasteiger partial charge in [-0.1, -0.05) is 34.1 Å². The van der Waals surface area contributed by atoms with Crippen LogP contribution in [0.5, 0.6) is 0 Å². The Kier molecular flexibility index (Phi) is 4.07. The summed E-state index contributed by atoms with van der Waals surface area (Å²) in [6.07, 6.45) is 2.30. The van der Waals surface area contributed by atoms with Gasteiger partial charge in [0.05, 0.1) is 29.8 Å². The summed E-state index contributed by atoms with van der Waals surface area (Å²) < 4.78 is 1.00. The Labute approximate surface area is 131 Å². The summed E-state index contributed by atoms with van der Waals surface area (Å²) in [4.78, 5) is 19.7. The topological polar surface area (TPSA) is 69.8 Å². The van der Waals surface area contributed by atoms with E-state index in [1.165, 1.54) is 0 Å². The highest BCUT2D eigenvalue weighted by atomic mass is 79.9. The number of hydrogen-bond donors (Lipinski definition) is 3. The highest BCUT2D eigenvalue weighted by Crippen LogP contribution is 2.23. The fourth-order valence-corrected chi connectivity index (χ4v) is 3.20. The summed E-state index contributed by atoms with van der Waals surface area (Å²) in [5.41, 5.74) is 3.11. The van der Waals surface area contributed by atoms with Gasteiger partial charge in [-0.3, -0.25) is 10.1 Å². The molecule has 2 heterocycles. The molecule has 0 saturated carbocycles. The fraction of sp³-hybridized carbons (Fsp3) is 0.333. The monoisotopic (exact) mass is 348 g/mol. The largest absolute Gasteiger partial charge is 0.348 e. The predicted octanol–water partition coefficient (Wildman–Crippen LogP) is 2.06. The molecular weight excluding hydrogens is 332 g/mol. The van der Waals surface area contributed by atoms with Crippen LogP contribution in [0.3, 0.4) is 0 Å². The van der Waals surface area contributed by atoms with Gasteiger partial charge < -0.3 is 10.3 Å². The number of carbonyl (C=O) groups excluding carboxylic acids is 1.